The van der Waals surface area contributed by atoms with E-state index in [1.807, 2.05) is 0 Å². The minimum Gasteiger partial charge on any atom is -0.208 e. The maximum atomic E-state index is 5.29. The Morgan fingerprint density at radius 2 is 0.558 bits per heavy atom. The van der Waals surface area contributed by atoms with E-state index in [4.69, 9.17) is 15.0 Å². The summed E-state index contributed by atoms with van der Waals surface area (Å²) in [4.78, 5) is 15.7. The molecular formula is C49H39N3. The zero-order valence-electron chi connectivity index (χ0n) is 29.7. The lowest BCUT2D eigenvalue weighted by Gasteiger charge is -2.19. The number of aromatic nitrogens is 3. The van der Waals surface area contributed by atoms with Crippen molar-refractivity contribution in [3.63, 3.8) is 0 Å². The number of benzene rings is 7. The van der Waals surface area contributed by atoms with E-state index in [2.05, 4.69) is 203 Å². The van der Waals surface area contributed by atoms with Gasteiger partial charge in [0.15, 0.2) is 17.5 Å². The fourth-order valence-electron chi connectivity index (χ4n) is 6.59. The van der Waals surface area contributed by atoms with Crippen LogP contribution in [0.5, 0.6) is 0 Å². The fourth-order valence-corrected chi connectivity index (χ4v) is 6.59. The summed E-state index contributed by atoms with van der Waals surface area (Å²) in [6.07, 6.45) is 0. The van der Waals surface area contributed by atoms with Crippen LogP contribution in [-0.4, -0.2) is 15.0 Å². The van der Waals surface area contributed by atoms with Crippen LogP contribution in [0.3, 0.4) is 0 Å². The molecule has 0 unspecified atom stereocenters. The van der Waals surface area contributed by atoms with E-state index < -0.39 is 0 Å². The van der Waals surface area contributed by atoms with Gasteiger partial charge in [0.25, 0.3) is 0 Å². The Balaban J connectivity index is 1.38. The molecule has 0 amide bonds. The van der Waals surface area contributed by atoms with Gasteiger partial charge in [-0.15, -0.1) is 0 Å². The van der Waals surface area contributed by atoms with E-state index in [1.165, 1.54) is 5.56 Å². The molecule has 0 spiro atoms. The van der Waals surface area contributed by atoms with Crippen molar-refractivity contribution in [2.45, 2.75) is 26.2 Å². The maximum absolute atomic E-state index is 5.29. The van der Waals surface area contributed by atoms with Crippen LogP contribution in [-0.2, 0) is 5.41 Å². The van der Waals surface area contributed by atoms with Crippen molar-refractivity contribution in [3.05, 3.63) is 188 Å². The van der Waals surface area contributed by atoms with Gasteiger partial charge < -0.3 is 0 Å². The molecule has 3 heteroatoms. The van der Waals surface area contributed by atoms with Gasteiger partial charge >= 0.3 is 0 Å². The summed E-state index contributed by atoms with van der Waals surface area (Å²) in [7, 11) is 0. The average molecular weight is 670 g/mol. The van der Waals surface area contributed by atoms with E-state index >= 15 is 0 Å². The molecule has 0 atom stereocenters. The van der Waals surface area contributed by atoms with Gasteiger partial charge in [-0.05, 0) is 98.0 Å². The number of hydrogen-bond acceptors (Lipinski definition) is 3. The van der Waals surface area contributed by atoms with Gasteiger partial charge in [0, 0.05) is 16.7 Å². The van der Waals surface area contributed by atoms with Gasteiger partial charge in [-0.2, -0.15) is 0 Å². The van der Waals surface area contributed by atoms with Crippen LogP contribution in [0.1, 0.15) is 26.3 Å². The first-order valence-corrected chi connectivity index (χ1v) is 17.8. The molecule has 0 fully saturated rings. The molecule has 8 aromatic rings. The number of rotatable bonds is 7. The second-order valence-electron chi connectivity index (χ2n) is 14.2. The first-order chi connectivity index (χ1) is 25.4. The zero-order chi connectivity index (χ0) is 35.5. The molecule has 0 saturated carbocycles. The van der Waals surface area contributed by atoms with Crippen LogP contribution < -0.4 is 0 Å². The highest BCUT2D eigenvalue weighted by Crippen LogP contribution is 2.36. The van der Waals surface area contributed by atoms with Crippen molar-refractivity contribution >= 4 is 0 Å². The highest BCUT2D eigenvalue weighted by Gasteiger charge is 2.19. The second kappa shape index (κ2) is 14.0. The fraction of sp³-hybridized carbons (Fsp3) is 0.0816. The third kappa shape index (κ3) is 7.08. The summed E-state index contributed by atoms with van der Waals surface area (Å²) in [5.41, 5.74) is 13.0. The standard InChI is InChI=1S/C49H39N3/c1-49(2,3)45-26-16-25-38(33-45)46-50-47(43-29-39(34-17-8-4-9-18-34)27-40(30-43)35-19-10-5-11-20-35)52-48(51-46)44-31-41(36-21-12-6-13-22-36)28-42(32-44)37-23-14-7-15-24-37/h4-33H,1-3H3. The van der Waals surface area contributed by atoms with Gasteiger partial charge in [-0.25, -0.2) is 15.0 Å². The topological polar surface area (TPSA) is 38.7 Å². The van der Waals surface area contributed by atoms with Crippen LogP contribution in [0.25, 0.3) is 78.7 Å². The van der Waals surface area contributed by atoms with E-state index in [0.29, 0.717) is 17.5 Å². The first-order valence-electron chi connectivity index (χ1n) is 17.8. The average Bonchev–Trinajstić information content (AvgIpc) is 3.21. The predicted octanol–water partition coefficient (Wildman–Crippen LogP) is 12.8. The summed E-state index contributed by atoms with van der Waals surface area (Å²) in [6.45, 7) is 6.70. The lowest BCUT2D eigenvalue weighted by molar-refractivity contribution is 0.590. The Hall–Kier alpha value is -6.45. The molecule has 250 valence electrons. The highest BCUT2D eigenvalue weighted by molar-refractivity contribution is 5.82. The molecule has 0 N–H and O–H groups in total. The third-order valence-electron chi connectivity index (χ3n) is 9.43. The SMILES string of the molecule is CC(C)(C)c1cccc(-c2nc(-c3cc(-c4ccccc4)cc(-c4ccccc4)c3)nc(-c3cc(-c4ccccc4)cc(-c4ccccc4)c3)n2)c1. The van der Waals surface area contributed by atoms with Gasteiger partial charge in [0.2, 0.25) is 0 Å². The lowest BCUT2D eigenvalue weighted by atomic mass is 9.86. The van der Waals surface area contributed by atoms with Crippen molar-refractivity contribution in [1.29, 1.82) is 0 Å². The summed E-state index contributed by atoms with van der Waals surface area (Å²) in [6, 6.07) is 63.9. The monoisotopic (exact) mass is 669 g/mol. The van der Waals surface area contributed by atoms with Crippen LogP contribution in [0, 0.1) is 0 Å². The van der Waals surface area contributed by atoms with Gasteiger partial charge in [0.05, 0.1) is 0 Å². The molecule has 0 saturated heterocycles. The van der Waals surface area contributed by atoms with Gasteiger partial charge in [-0.3, -0.25) is 0 Å². The van der Waals surface area contributed by atoms with Crippen LogP contribution >= 0.6 is 0 Å². The Labute approximate surface area is 306 Å². The quantitative estimate of drug-likeness (QED) is 0.169. The number of hydrogen-bond donors (Lipinski definition) is 0. The molecule has 1 aromatic heterocycles. The molecule has 1 heterocycles. The molecule has 8 rings (SSSR count). The maximum Gasteiger partial charge on any atom is 0.164 e. The van der Waals surface area contributed by atoms with Crippen LogP contribution in [0.2, 0.25) is 0 Å². The molecular weight excluding hydrogens is 631 g/mol. The normalized spacial score (nSPS) is 11.4. The second-order valence-corrected chi connectivity index (χ2v) is 14.2. The molecule has 0 bridgehead atoms. The molecule has 52 heavy (non-hydrogen) atoms. The Bertz CT molecular complexity index is 2210. The third-order valence-corrected chi connectivity index (χ3v) is 9.43. The largest absolute Gasteiger partial charge is 0.208 e. The van der Waals surface area contributed by atoms with Gasteiger partial charge in [0.1, 0.15) is 0 Å². The van der Waals surface area contributed by atoms with Crippen molar-refractivity contribution in [2.75, 3.05) is 0 Å². The highest BCUT2D eigenvalue weighted by atomic mass is 15.0. The van der Waals surface area contributed by atoms with Gasteiger partial charge in [-0.1, -0.05) is 160 Å². The molecule has 0 aliphatic rings. The van der Waals surface area contributed by atoms with E-state index in [1.54, 1.807) is 0 Å². The molecule has 3 nitrogen and oxygen atoms in total. The van der Waals surface area contributed by atoms with E-state index in [9.17, 15) is 0 Å². The van der Waals surface area contributed by atoms with Crippen LogP contribution in [0.4, 0.5) is 0 Å². The summed E-state index contributed by atoms with van der Waals surface area (Å²) >= 11 is 0. The minimum atomic E-state index is -0.0299. The first kappa shape index (κ1) is 32.7. The zero-order valence-corrected chi connectivity index (χ0v) is 29.7. The minimum absolute atomic E-state index is 0.0299. The van der Waals surface area contributed by atoms with Crippen molar-refractivity contribution < 1.29 is 0 Å². The Morgan fingerprint density at radius 3 is 0.885 bits per heavy atom. The van der Waals surface area contributed by atoms with Crippen molar-refractivity contribution in [1.82, 2.24) is 15.0 Å². The van der Waals surface area contributed by atoms with Crippen LogP contribution in [0.15, 0.2) is 182 Å². The number of nitrogens with zero attached hydrogens (tertiary/aromatic N) is 3. The smallest absolute Gasteiger partial charge is 0.164 e. The summed E-state index contributed by atoms with van der Waals surface area (Å²) in [5, 5.41) is 0. The predicted molar refractivity (Wildman–Crippen MR) is 217 cm³/mol. The summed E-state index contributed by atoms with van der Waals surface area (Å²) < 4.78 is 0. The summed E-state index contributed by atoms with van der Waals surface area (Å²) in [5.74, 6) is 1.90. The Kier molecular flexibility index (Phi) is 8.84. The molecule has 7 aromatic carbocycles. The Morgan fingerprint density at radius 1 is 0.269 bits per heavy atom. The van der Waals surface area contributed by atoms with Crippen molar-refractivity contribution in [3.8, 4) is 78.7 Å². The van der Waals surface area contributed by atoms with Crippen molar-refractivity contribution in [2.24, 2.45) is 0 Å². The molecule has 0 aliphatic heterocycles. The van der Waals surface area contributed by atoms with E-state index in [-0.39, 0.29) is 5.41 Å². The molecule has 0 aliphatic carbocycles. The molecule has 0 radical (unpaired) electrons. The van der Waals surface area contributed by atoms with E-state index in [0.717, 1.165) is 61.2 Å². The lowest BCUT2D eigenvalue weighted by Crippen LogP contribution is -2.11.